The standard InChI is InChI=1S/C15H24ClNO/c1-11(2)7-8-17-10-13(4)18-14-5-6-15(16)12(3)9-14/h5-6,9,11,13,17H,7-8,10H2,1-4H3. The van der Waals surface area contributed by atoms with E-state index >= 15 is 0 Å². The molecule has 0 radical (unpaired) electrons. The van der Waals surface area contributed by atoms with E-state index in [1.165, 1.54) is 6.42 Å². The van der Waals surface area contributed by atoms with Gasteiger partial charge in [-0.25, -0.2) is 0 Å². The number of hydrogen-bond acceptors (Lipinski definition) is 2. The summed E-state index contributed by atoms with van der Waals surface area (Å²) < 4.78 is 5.84. The Morgan fingerprint density at radius 2 is 2.00 bits per heavy atom. The highest BCUT2D eigenvalue weighted by Crippen LogP contribution is 2.21. The fourth-order valence-corrected chi connectivity index (χ4v) is 1.78. The molecule has 0 bridgehead atoms. The quantitative estimate of drug-likeness (QED) is 0.754. The van der Waals surface area contributed by atoms with Gasteiger partial charge < -0.3 is 10.1 Å². The highest BCUT2D eigenvalue weighted by molar-refractivity contribution is 6.31. The molecular weight excluding hydrogens is 246 g/mol. The van der Waals surface area contributed by atoms with Gasteiger partial charge >= 0.3 is 0 Å². The van der Waals surface area contributed by atoms with E-state index in [1.54, 1.807) is 0 Å². The van der Waals surface area contributed by atoms with Crippen LogP contribution in [0.2, 0.25) is 5.02 Å². The Morgan fingerprint density at radius 1 is 1.28 bits per heavy atom. The van der Waals surface area contributed by atoms with Crippen LogP contribution in [-0.4, -0.2) is 19.2 Å². The summed E-state index contributed by atoms with van der Waals surface area (Å²) in [6.07, 6.45) is 1.37. The molecule has 0 saturated heterocycles. The van der Waals surface area contributed by atoms with Crippen molar-refractivity contribution in [2.45, 2.75) is 40.2 Å². The summed E-state index contributed by atoms with van der Waals surface area (Å²) in [4.78, 5) is 0. The second-order valence-corrected chi connectivity index (χ2v) is 5.63. The Hall–Kier alpha value is -0.730. The van der Waals surface area contributed by atoms with Crippen molar-refractivity contribution in [2.75, 3.05) is 13.1 Å². The minimum absolute atomic E-state index is 0.165. The molecular formula is C15H24ClNO. The van der Waals surface area contributed by atoms with Crippen LogP contribution in [0, 0.1) is 12.8 Å². The molecule has 0 fully saturated rings. The van der Waals surface area contributed by atoms with Crippen LogP contribution in [0.5, 0.6) is 5.75 Å². The molecule has 0 aromatic heterocycles. The van der Waals surface area contributed by atoms with E-state index in [0.717, 1.165) is 35.3 Å². The van der Waals surface area contributed by atoms with Crippen LogP contribution in [0.25, 0.3) is 0 Å². The fourth-order valence-electron chi connectivity index (χ4n) is 1.66. The molecule has 0 amide bonds. The summed E-state index contributed by atoms with van der Waals surface area (Å²) in [7, 11) is 0. The summed E-state index contributed by atoms with van der Waals surface area (Å²) in [5, 5.41) is 4.19. The van der Waals surface area contributed by atoms with Crippen molar-refractivity contribution in [3.63, 3.8) is 0 Å². The monoisotopic (exact) mass is 269 g/mol. The molecule has 1 rings (SSSR count). The van der Waals surface area contributed by atoms with Crippen molar-refractivity contribution < 1.29 is 4.74 Å². The summed E-state index contributed by atoms with van der Waals surface area (Å²) >= 11 is 5.98. The predicted octanol–water partition coefficient (Wildman–Crippen LogP) is 4.05. The summed E-state index contributed by atoms with van der Waals surface area (Å²) in [6, 6.07) is 5.78. The molecule has 1 unspecified atom stereocenters. The Kier molecular flexibility index (Phi) is 6.51. The lowest BCUT2D eigenvalue weighted by Crippen LogP contribution is -2.30. The molecule has 0 heterocycles. The Morgan fingerprint density at radius 3 is 2.61 bits per heavy atom. The first kappa shape index (κ1) is 15.3. The zero-order chi connectivity index (χ0) is 13.5. The Bertz CT molecular complexity index is 366. The maximum atomic E-state index is 5.98. The predicted molar refractivity (Wildman–Crippen MR) is 78.6 cm³/mol. The van der Waals surface area contributed by atoms with E-state index in [0.29, 0.717) is 0 Å². The summed E-state index contributed by atoms with van der Waals surface area (Å²) in [5.41, 5.74) is 1.05. The molecule has 102 valence electrons. The lowest BCUT2D eigenvalue weighted by Gasteiger charge is -2.16. The maximum absolute atomic E-state index is 5.98. The molecule has 0 aliphatic carbocycles. The van der Waals surface area contributed by atoms with Crippen molar-refractivity contribution in [1.82, 2.24) is 5.32 Å². The zero-order valence-corrected chi connectivity index (χ0v) is 12.6. The molecule has 0 aliphatic heterocycles. The van der Waals surface area contributed by atoms with E-state index in [-0.39, 0.29) is 6.10 Å². The minimum Gasteiger partial charge on any atom is -0.489 e. The van der Waals surface area contributed by atoms with Gasteiger partial charge in [0.1, 0.15) is 11.9 Å². The van der Waals surface area contributed by atoms with Crippen molar-refractivity contribution >= 4 is 11.6 Å². The number of aryl methyl sites for hydroxylation is 1. The van der Waals surface area contributed by atoms with Crippen LogP contribution in [-0.2, 0) is 0 Å². The summed E-state index contributed by atoms with van der Waals surface area (Å²) in [5.74, 6) is 1.63. The third kappa shape index (κ3) is 5.74. The van der Waals surface area contributed by atoms with Crippen molar-refractivity contribution in [2.24, 2.45) is 5.92 Å². The Labute approximate surface area is 116 Å². The van der Waals surface area contributed by atoms with Gasteiger partial charge in [-0.2, -0.15) is 0 Å². The van der Waals surface area contributed by atoms with Crippen LogP contribution in [0.3, 0.4) is 0 Å². The van der Waals surface area contributed by atoms with Crippen molar-refractivity contribution in [3.05, 3.63) is 28.8 Å². The van der Waals surface area contributed by atoms with E-state index in [1.807, 2.05) is 25.1 Å². The topological polar surface area (TPSA) is 21.3 Å². The van der Waals surface area contributed by atoms with Gasteiger partial charge in [0.25, 0.3) is 0 Å². The van der Waals surface area contributed by atoms with Gasteiger partial charge in [0.05, 0.1) is 0 Å². The van der Waals surface area contributed by atoms with E-state index in [9.17, 15) is 0 Å². The first-order valence-electron chi connectivity index (χ1n) is 6.62. The fraction of sp³-hybridized carbons (Fsp3) is 0.600. The highest BCUT2D eigenvalue weighted by Gasteiger charge is 2.05. The molecule has 0 saturated carbocycles. The van der Waals surface area contributed by atoms with Gasteiger partial charge in [-0.05, 0) is 56.5 Å². The molecule has 18 heavy (non-hydrogen) atoms. The van der Waals surface area contributed by atoms with Gasteiger partial charge in [-0.15, -0.1) is 0 Å². The normalized spacial score (nSPS) is 12.8. The number of ether oxygens (including phenoxy) is 1. The third-order valence-corrected chi connectivity index (χ3v) is 3.22. The molecule has 0 spiro atoms. The van der Waals surface area contributed by atoms with E-state index < -0.39 is 0 Å². The lowest BCUT2D eigenvalue weighted by atomic mass is 10.1. The van der Waals surface area contributed by atoms with Crippen molar-refractivity contribution in [3.8, 4) is 5.75 Å². The van der Waals surface area contributed by atoms with Gasteiger partial charge in [0, 0.05) is 11.6 Å². The van der Waals surface area contributed by atoms with E-state index in [2.05, 4.69) is 26.1 Å². The number of nitrogens with one attached hydrogen (secondary N) is 1. The molecule has 1 N–H and O–H groups in total. The second-order valence-electron chi connectivity index (χ2n) is 5.23. The average Bonchev–Trinajstić information content (AvgIpc) is 2.29. The van der Waals surface area contributed by atoms with Crippen LogP contribution in [0.1, 0.15) is 32.8 Å². The molecule has 0 aliphatic rings. The SMILES string of the molecule is Cc1cc(OC(C)CNCCC(C)C)ccc1Cl. The maximum Gasteiger partial charge on any atom is 0.120 e. The second kappa shape index (κ2) is 7.65. The van der Waals surface area contributed by atoms with Crippen LogP contribution in [0.15, 0.2) is 18.2 Å². The smallest absolute Gasteiger partial charge is 0.120 e. The summed E-state index contributed by atoms with van der Waals surface area (Å²) in [6.45, 7) is 10.4. The molecule has 1 aromatic rings. The zero-order valence-electron chi connectivity index (χ0n) is 11.8. The number of hydrogen-bond donors (Lipinski definition) is 1. The van der Waals surface area contributed by atoms with Crippen molar-refractivity contribution in [1.29, 1.82) is 0 Å². The number of benzene rings is 1. The van der Waals surface area contributed by atoms with E-state index in [4.69, 9.17) is 16.3 Å². The molecule has 2 nitrogen and oxygen atoms in total. The molecule has 3 heteroatoms. The van der Waals surface area contributed by atoms with Crippen LogP contribution >= 0.6 is 11.6 Å². The van der Waals surface area contributed by atoms with Crippen LogP contribution in [0.4, 0.5) is 0 Å². The first-order valence-corrected chi connectivity index (χ1v) is 7.00. The average molecular weight is 270 g/mol. The van der Waals surface area contributed by atoms with Gasteiger partial charge in [-0.1, -0.05) is 25.4 Å². The number of halogens is 1. The number of rotatable bonds is 7. The third-order valence-electron chi connectivity index (χ3n) is 2.80. The van der Waals surface area contributed by atoms with Gasteiger partial charge in [0.15, 0.2) is 0 Å². The molecule has 1 aromatic carbocycles. The lowest BCUT2D eigenvalue weighted by molar-refractivity contribution is 0.216. The van der Waals surface area contributed by atoms with Gasteiger partial charge in [0.2, 0.25) is 0 Å². The van der Waals surface area contributed by atoms with Gasteiger partial charge in [-0.3, -0.25) is 0 Å². The first-order chi connectivity index (χ1) is 8.49. The minimum atomic E-state index is 0.165. The largest absolute Gasteiger partial charge is 0.489 e. The molecule has 1 atom stereocenters. The van der Waals surface area contributed by atoms with Crippen LogP contribution < -0.4 is 10.1 Å². The Balaban J connectivity index is 2.31. The highest BCUT2D eigenvalue weighted by atomic mass is 35.5.